The predicted molar refractivity (Wildman–Crippen MR) is 107 cm³/mol. The van der Waals surface area contributed by atoms with Crippen molar-refractivity contribution in [2.45, 2.75) is 56.3 Å². The number of carbonyl (C=O) groups excluding carboxylic acids is 1. The number of nitrogens with two attached hydrogens (primary N) is 2. The topological polar surface area (TPSA) is 145 Å². The Labute approximate surface area is 169 Å². The van der Waals surface area contributed by atoms with Crippen LogP contribution in [0.5, 0.6) is 0 Å². The van der Waals surface area contributed by atoms with Crippen molar-refractivity contribution in [2.75, 3.05) is 32.0 Å². The lowest BCUT2D eigenvalue weighted by Gasteiger charge is -2.51. The molecule has 1 spiro atoms. The van der Waals surface area contributed by atoms with Gasteiger partial charge in [0.25, 0.3) is 0 Å². The van der Waals surface area contributed by atoms with Crippen LogP contribution in [0, 0.1) is 0 Å². The lowest BCUT2D eigenvalue weighted by atomic mass is 9.77. The molecule has 2 fully saturated rings. The van der Waals surface area contributed by atoms with Crippen molar-refractivity contribution in [3.63, 3.8) is 0 Å². The first-order valence-corrected chi connectivity index (χ1v) is 10.1. The highest BCUT2D eigenvalue weighted by Crippen LogP contribution is 2.44. The van der Waals surface area contributed by atoms with E-state index >= 15 is 0 Å². The molecule has 1 amide bonds. The van der Waals surface area contributed by atoms with Crippen LogP contribution in [0.3, 0.4) is 0 Å². The second kappa shape index (κ2) is 7.51. The molecule has 158 valence electrons. The smallest absolute Gasteiger partial charge is 0.222 e. The Bertz CT molecular complexity index is 889. The molecule has 0 bridgehead atoms. The van der Waals surface area contributed by atoms with Gasteiger partial charge in [0.05, 0.1) is 24.6 Å². The number of nitrogen functional groups attached to an aromatic ring is 1. The fraction of sp³-hybridized carbons (Fsp3) is 0.684. The van der Waals surface area contributed by atoms with Gasteiger partial charge in [-0.25, -0.2) is 15.0 Å². The number of hydrogen-bond donors (Lipinski definition) is 3. The number of carbonyl (C=O) groups is 1. The molecule has 0 aliphatic carbocycles. The largest absolute Gasteiger partial charge is 0.386 e. The molecule has 2 saturated heterocycles. The standard InChI is InChI=1S/C19H29N7O3/c1-18(28)10-29-19(4-7-25(8-5-19)14(27)3-2-6-20)9-13(18)26-12-24-15-16(21)22-11-23-17(15)26/h11-13,28H,2-10,20H2,1H3,(H2,21,22,23)/t13-,18-/m0/s1. The monoisotopic (exact) mass is 403 g/mol. The van der Waals surface area contributed by atoms with Gasteiger partial charge in [0, 0.05) is 25.9 Å². The van der Waals surface area contributed by atoms with Gasteiger partial charge in [-0.2, -0.15) is 0 Å². The molecule has 10 heteroatoms. The Morgan fingerprint density at radius 2 is 2.10 bits per heavy atom. The Morgan fingerprint density at radius 3 is 2.83 bits per heavy atom. The summed E-state index contributed by atoms with van der Waals surface area (Å²) in [6.07, 6.45) is 6.35. The average molecular weight is 403 g/mol. The number of aromatic nitrogens is 4. The van der Waals surface area contributed by atoms with Crippen molar-refractivity contribution in [3.05, 3.63) is 12.7 Å². The molecule has 5 N–H and O–H groups in total. The average Bonchev–Trinajstić information content (AvgIpc) is 3.14. The maximum Gasteiger partial charge on any atom is 0.222 e. The maximum atomic E-state index is 12.3. The van der Waals surface area contributed by atoms with Gasteiger partial charge in [-0.3, -0.25) is 4.79 Å². The van der Waals surface area contributed by atoms with Crippen LogP contribution in [0.4, 0.5) is 5.82 Å². The van der Waals surface area contributed by atoms with Gasteiger partial charge in [0.1, 0.15) is 17.4 Å². The molecule has 2 atom stereocenters. The molecule has 2 aliphatic rings. The second-order valence-electron chi connectivity index (χ2n) is 8.40. The molecule has 29 heavy (non-hydrogen) atoms. The summed E-state index contributed by atoms with van der Waals surface area (Å²) in [5, 5.41) is 11.1. The molecule has 2 aliphatic heterocycles. The number of imidazole rings is 1. The van der Waals surface area contributed by atoms with Crippen LogP contribution in [0.25, 0.3) is 11.2 Å². The summed E-state index contributed by atoms with van der Waals surface area (Å²) in [7, 11) is 0. The SMILES string of the molecule is C[C@]1(O)COC2(CCN(C(=O)CCCN)CC2)C[C@@H]1n1cnc2c(N)ncnc21. The van der Waals surface area contributed by atoms with E-state index in [4.69, 9.17) is 16.2 Å². The first-order chi connectivity index (χ1) is 13.9. The highest BCUT2D eigenvalue weighted by molar-refractivity contribution is 5.81. The first kappa shape index (κ1) is 20.0. The van der Waals surface area contributed by atoms with Crippen LogP contribution < -0.4 is 11.5 Å². The third-order valence-corrected chi connectivity index (χ3v) is 6.30. The third kappa shape index (κ3) is 3.67. The summed E-state index contributed by atoms with van der Waals surface area (Å²) < 4.78 is 8.08. The highest BCUT2D eigenvalue weighted by Gasteiger charge is 2.49. The van der Waals surface area contributed by atoms with E-state index in [9.17, 15) is 9.90 Å². The van der Waals surface area contributed by atoms with Gasteiger partial charge in [0.2, 0.25) is 5.91 Å². The van der Waals surface area contributed by atoms with E-state index in [1.165, 1.54) is 6.33 Å². The summed E-state index contributed by atoms with van der Waals surface area (Å²) in [4.78, 5) is 26.9. The van der Waals surface area contributed by atoms with Gasteiger partial charge in [-0.1, -0.05) is 0 Å². The van der Waals surface area contributed by atoms with E-state index in [2.05, 4.69) is 15.0 Å². The highest BCUT2D eigenvalue weighted by atomic mass is 16.5. The van der Waals surface area contributed by atoms with Gasteiger partial charge in [-0.05, 0) is 32.7 Å². The van der Waals surface area contributed by atoms with Gasteiger partial charge < -0.3 is 30.8 Å². The number of aliphatic hydroxyl groups is 1. The Morgan fingerprint density at radius 1 is 1.34 bits per heavy atom. The lowest BCUT2D eigenvalue weighted by molar-refractivity contribution is -0.201. The van der Waals surface area contributed by atoms with E-state index in [-0.39, 0.29) is 24.2 Å². The lowest BCUT2D eigenvalue weighted by Crippen LogP contribution is -2.57. The van der Waals surface area contributed by atoms with E-state index in [0.717, 1.165) is 12.8 Å². The normalized spacial score (nSPS) is 26.9. The van der Waals surface area contributed by atoms with Crippen LogP contribution in [0.2, 0.25) is 0 Å². The molecule has 0 radical (unpaired) electrons. The number of rotatable bonds is 4. The zero-order valence-corrected chi connectivity index (χ0v) is 16.8. The number of amides is 1. The summed E-state index contributed by atoms with van der Waals surface area (Å²) in [6.45, 7) is 3.80. The van der Waals surface area contributed by atoms with Crippen LogP contribution >= 0.6 is 0 Å². The Hall–Kier alpha value is -2.30. The number of fused-ring (bicyclic) bond motifs is 1. The molecule has 4 rings (SSSR count). The van der Waals surface area contributed by atoms with Crippen LogP contribution in [-0.2, 0) is 9.53 Å². The predicted octanol–water partition coefficient (Wildman–Crippen LogP) is 0.221. The van der Waals surface area contributed by atoms with Crippen LogP contribution in [0.1, 0.15) is 45.1 Å². The molecule has 4 heterocycles. The van der Waals surface area contributed by atoms with Gasteiger partial charge >= 0.3 is 0 Å². The number of ether oxygens (including phenoxy) is 1. The minimum absolute atomic E-state index is 0.150. The molecule has 0 aromatic carbocycles. The fourth-order valence-corrected chi connectivity index (χ4v) is 4.45. The van der Waals surface area contributed by atoms with Crippen molar-refractivity contribution >= 4 is 22.9 Å². The van der Waals surface area contributed by atoms with Crippen molar-refractivity contribution in [1.82, 2.24) is 24.4 Å². The van der Waals surface area contributed by atoms with Crippen molar-refractivity contribution in [1.29, 1.82) is 0 Å². The number of piperidine rings is 1. The molecule has 2 aromatic heterocycles. The zero-order valence-electron chi connectivity index (χ0n) is 16.8. The van der Waals surface area contributed by atoms with E-state index in [1.807, 2.05) is 9.47 Å². The molecule has 0 saturated carbocycles. The molecule has 0 unspecified atom stereocenters. The van der Waals surface area contributed by atoms with Crippen LogP contribution in [-0.4, -0.2) is 72.9 Å². The Kier molecular flexibility index (Phi) is 5.18. The number of anilines is 1. The van der Waals surface area contributed by atoms with E-state index in [0.29, 0.717) is 55.9 Å². The van der Waals surface area contributed by atoms with Gasteiger partial charge in [-0.15, -0.1) is 0 Å². The zero-order chi connectivity index (χ0) is 20.6. The van der Waals surface area contributed by atoms with Crippen LogP contribution in [0.15, 0.2) is 12.7 Å². The fourth-order valence-electron chi connectivity index (χ4n) is 4.45. The minimum Gasteiger partial charge on any atom is -0.386 e. The third-order valence-electron chi connectivity index (χ3n) is 6.30. The van der Waals surface area contributed by atoms with E-state index in [1.54, 1.807) is 13.3 Å². The minimum atomic E-state index is -1.08. The van der Waals surface area contributed by atoms with E-state index < -0.39 is 5.60 Å². The second-order valence-corrected chi connectivity index (χ2v) is 8.40. The quantitative estimate of drug-likeness (QED) is 0.657. The molecule has 10 nitrogen and oxygen atoms in total. The summed E-state index contributed by atoms with van der Waals surface area (Å²) in [6, 6.07) is -0.268. The number of likely N-dealkylation sites (tertiary alicyclic amines) is 1. The number of nitrogens with zero attached hydrogens (tertiary/aromatic N) is 5. The summed E-state index contributed by atoms with van der Waals surface area (Å²) in [5.41, 5.74) is 11.1. The summed E-state index contributed by atoms with van der Waals surface area (Å²) >= 11 is 0. The molecular weight excluding hydrogens is 374 g/mol. The summed E-state index contributed by atoms with van der Waals surface area (Å²) in [5.74, 6) is 0.469. The van der Waals surface area contributed by atoms with Crippen molar-refractivity contribution in [2.24, 2.45) is 5.73 Å². The molecule has 2 aromatic rings. The molecular formula is C19H29N7O3. The number of hydrogen-bond acceptors (Lipinski definition) is 8. The van der Waals surface area contributed by atoms with Crippen molar-refractivity contribution < 1.29 is 14.6 Å². The first-order valence-electron chi connectivity index (χ1n) is 10.1. The Balaban J connectivity index is 1.54. The maximum absolute atomic E-state index is 12.3. The van der Waals surface area contributed by atoms with Gasteiger partial charge in [0.15, 0.2) is 11.5 Å². The van der Waals surface area contributed by atoms with Crippen molar-refractivity contribution in [3.8, 4) is 0 Å².